The van der Waals surface area contributed by atoms with E-state index in [1.165, 1.54) is 11.8 Å². The third kappa shape index (κ3) is 1.20. The number of rotatable bonds is 0. The van der Waals surface area contributed by atoms with Crippen molar-refractivity contribution < 1.29 is 4.79 Å². The van der Waals surface area contributed by atoms with Crippen molar-refractivity contribution in [1.82, 2.24) is 0 Å². The molecule has 1 aliphatic heterocycles. The molecular weight excluding hydrogens is 170 g/mol. The minimum absolute atomic E-state index is 0.191. The molecule has 0 fully saturated rings. The maximum absolute atomic E-state index is 11.1. The van der Waals surface area contributed by atoms with E-state index in [0.29, 0.717) is 6.54 Å². The first kappa shape index (κ1) is 7.68. The molecule has 1 aromatic carbocycles. The van der Waals surface area contributed by atoms with E-state index in [-0.39, 0.29) is 5.12 Å². The third-order valence-electron chi connectivity index (χ3n) is 1.85. The van der Waals surface area contributed by atoms with Crippen molar-refractivity contribution in [2.75, 3.05) is 11.9 Å². The van der Waals surface area contributed by atoms with E-state index in [0.717, 1.165) is 16.1 Å². The van der Waals surface area contributed by atoms with Gasteiger partial charge in [-0.25, -0.2) is 0 Å². The molecule has 12 heavy (non-hydrogen) atoms. The zero-order valence-electron chi connectivity index (χ0n) is 6.76. The molecule has 2 nitrogen and oxygen atoms in total. The lowest BCUT2D eigenvalue weighted by atomic mass is 10.2. The third-order valence-corrected chi connectivity index (χ3v) is 2.97. The van der Waals surface area contributed by atoms with Gasteiger partial charge in [-0.1, -0.05) is 12.1 Å². The lowest BCUT2D eigenvalue weighted by Crippen LogP contribution is -2.16. The van der Waals surface area contributed by atoms with Gasteiger partial charge in [0.25, 0.3) is 0 Å². The fourth-order valence-corrected chi connectivity index (χ4v) is 2.10. The number of carbonyl (C=O) groups excluding carboxylic acids is 1. The summed E-state index contributed by atoms with van der Waals surface area (Å²) >= 11 is 1.34. The maximum Gasteiger partial charge on any atom is 0.212 e. The molecular formula is C9H9NOS. The Bertz CT molecular complexity index is 335. The summed E-state index contributed by atoms with van der Waals surface area (Å²) in [5, 5.41) is 3.27. The Hall–Kier alpha value is -0.960. The van der Waals surface area contributed by atoms with Crippen LogP contribution in [0.3, 0.4) is 0 Å². The van der Waals surface area contributed by atoms with E-state index in [9.17, 15) is 4.79 Å². The zero-order valence-corrected chi connectivity index (χ0v) is 7.57. The Labute approximate surface area is 75.4 Å². The van der Waals surface area contributed by atoms with Gasteiger partial charge < -0.3 is 5.32 Å². The van der Waals surface area contributed by atoms with Crippen LogP contribution in [0.4, 0.5) is 5.69 Å². The molecule has 0 radical (unpaired) electrons. The van der Waals surface area contributed by atoms with Gasteiger partial charge in [-0.2, -0.15) is 0 Å². The van der Waals surface area contributed by atoms with Crippen molar-refractivity contribution in [2.24, 2.45) is 0 Å². The highest BCUT2D eigenvalue weighted by molar-refractivity contribution is 8.14. The number of benzene rings is 1. The number of hydrogen-bond acceptors (Lipinski definition) is 3. The van der Waals surface area contributed by atoms with Crippen molar-refractivity contribution in [3.63, 3.8) is 0 Å². The maximum atomic E-state index is 11.1. The predicted octanol–water partition coefficient (Wildman–Crippen LogP) is 2.04. The van der Waals surface area contributed by atoms with Crippen LogP contribution in [0.15, 0.2) is 23.1 Å². The van der Waals surface area contributed by atoms with Gasteiger partial charge in [0.2, 0.25) is 5.12 Å². The fourth-order valence-electron chi connectivity index (χ4n) is 1.24. The summed E-state index contributed by atoms with van der Waals surface area (Å²) in [4.78, 5) is 12.2. The van der Waals surface area contributed by atoms with Crippen LogP contribution in [0.1, 0.15) is 5.56 Å². The molecule has 0 spiro atoms. The van der Waals surface area contributed by atoms with Crippen LogP contribution >= 0.6 is 11.8 Å². The standard InChI is InChI=1S/C9H9NOS/c1-6-3-2-4-7-9(6)12-8(11)5-10-7/h2-4,10H,5H2,1H3. The van der Waals surface area contributed by atoms with Crippen LogP contribution in [-0.2, 0) is 4.79 Å². The molecule has 3 heteroatoms. The lowest BCUT2D eigenvalue weighted by molar-refractivity contribution is -0.109. The molecule has 0 aliphatic carbocycles. The quantitative estimate of drug-likeness (QED) is 0.660. The summed E-state index contributed by atoms with van der Waals surface area (Å²) in [5.74, 6) is 0. The van der Waals surface area contributed by atoms with E-state index in [2.05, 4.69) is 5.32 Å². The molecule has 1 aromatic rings. The number of anilines is 1. The monoisotopic (exact) mass is 179 g/mol. The summed E-state index contributed by atoms with van der Waals surface area (Å²) in [7, 11) is 0. The second-order valence-corrected chi connectivity index (χ2v) is 3.85. The van der Waals surface area contributed by atoms with E-state index in [1.54, 1.807) is 0 Å². The van der Waals surface area contributed by atoms with Crippen LogP contribution in [0.2, 0.25) is 0 Å². The summed E-state index contributed by atoms with van der Waals surface area (Å²) < 4.78 is 0. The van der Waals surface area contributed by atoms with Gasteiger partial charge in [-0.05, 0) is 30.3 Å². The molecule has 1 heterocycles. The molecule has 2 rings (SSSR count). The number of fused-ring (bicyclic) bond motifs is 1. The van der Waals surface area contributed by atoms with Crippen molar-refractivity contribution in [3.8, 4) is 0 Å². The molecule has 0 saturated carbocycles. The lowest BCUT2D eigenvalue weighted by Gasteiger charge is -2.17. The Balaban J connectivity index is 2.50. The molecule has 1 N–H and O–H groups in total. The van der Waals surface area contributed by atoms with E-state index in [4.69, 9.17) is 0 Å². The van der Waals surface area contributed by atoms with Gasteiger partial charge in [0.15, 0.2) is 0 Å². The second-order valence-electron chi connectivity index (χ2n) is 2.78. The smallest absolute Gasteiger partial charge is 0.212 e. The Morgan fingerprint density at radius 3 is 3.17 bits per heavy atom. The van der Waals surface area contributed by atoms with Crippen LogP contribution in [-0.4, -0.2) is 11.7 Å². The molecule has 0 atom stereocenters. The van der Waals surface area contributed by atoms with Gasteiger partial charge >= 0.3 is 0 Å². The first-order valence-electron chi connectivity index (χ1n) is 3.81. The number of nitrogens with one attached hydrogen (secondary N) is 1. The number of hydrogen-bond donors (Lipinski definition) is 1. The predicted molar refractivity (Wildman–Crippen MR) is 50.5 cm³/mol. The number of thioether (sulfide) groups is 1. The second kappa shape index (κ2) is 2.83. The normalized spacial score (nSPS) is 15.2. The Morgan fingerprint density at radius 2 is 2.33 bits per heavy atom. The van der Waals surface area contributed by atoms with Crippen LogP contribution in [0, 0.1) is 6.92 Å². The van der Waals surface area contributed by atoms with Gasteiger partial charge in [0, 0.05) is 10.6 Å². The SMILES string of the molecule is Cc1cccc2c1SC(=O)CN2. The van der Waals surface area contributed by atoms with Crippen molar-refractivity contribution >= 4 is 22.6 Å². The summed E-state index contributed by atoms with van der Waals surface area (Å²) in [6.07, 6.45) is 0. The summed E-state index contributed by atoms with van der Waals surface area (Å²) in [6, 6.07) is 6.02. The van der Waals surface area contributed by atoms with Crippen molar-refractivity contribution in [2.45, 2.75) is 11.8 Å². The molecule has 0 saturated heterocycles. The molecule has 0 bridgehead atoms. The van der Waals surface area contributed by atoms with Crippen molar-refractivity contribution in [1.29, 1.82) is 0 Å². The molecule has 1 aliphatic rings. The molecule has 0 unspecified atom stereocenters. The van der Waals surface area contributed by atoms with Gasteiger partial charge in [-0.3, -0.25) is 4.79 Å². The average molecular weight is 179 g/mol. The molecule has 0 amide bonds. The van der Waals surface area contributed by atoms with Crippen LogP contribution < -0.4 is 5.32 Å². The van der Waals surface area contributed by atoms with Gasteiger partial charge in [0.1, 0.15) is 0 Å². The minimum atomic E-state index is 0.191. The molecule has 0 aromatic heterocycles. The average Bonchev–Trinajstić information content (AvgIpc) is 2.07. The van der Waals surface area contributed by atoms with Crippen LogP contribution in [0.25, 0.3) is 0 Å². The highest BCUT2D eigenvalue weighted by Crippen LogP contribution is 2.33. The van der Waals surface area contributed by atoms with E-state index in [1.807, 2.05) is 25.1 Å². The summed E-state index contributed by atoms with van der Waals surface area (Å²) in [6.45, 7) is 2.47. The largest absolute Gasteiger partial charge is 0.376 e. The Morgan fingerprint density at radius 1 is 1.50 bits per heavy atom. The van der Waals surface area contributed by atoms with Crippen LogP contribution in [0.5, 0.6) is 0 Å². The van der Waals surface area contributed by atoms with E-state index < -0.39 is 0 Å². The zero-order chi connectivity index (χ0) is 8.55. The Kier molecular flexibility index (Phi) is 1.81. The first-order valence-corrected chi connectivity index (χ1v) is 4.63. The topological polar surface area (TPSA) is 29.1 Å². The number of aryl methyl sites for hydroxylation is 1. The molecule has 62 valence electrons. The summed E-state index contributed by atoms with van der Waals surface area (Å²) in [5.41, 5.74) is 2.25. The van der Waals surface area contributed by atoms with E-state index >= 15 is 0 Å². The van der Waals surface area contributed by atoms with Gasteiger partial charge in [-0.15, -0.1) is 0 Å². The highest BCUT2D eigenvalue weighted by atomic mass is 32.2. The van der Waals surface area contributed by atoms with Gasteiger partial charge in [0.05, 0.1) is 6.54 Å². The first-order chi connectivity index (χ1) is 5.77. The van der Waals surface area contributed by atoms with Crippen molar-refractivity contribution in [3.05, 3.63) is 23.8 Å². The fraction of sp³-hybridized carbons (Fsp3) is 0.222. The number of carbonyl (C=O) groups is 1. The highest BCUT2D eigenvalue weighted by Gasteiger charge is 2.16. The minimum Gasteiger partial charge on any atom is -0.376 e.